The van der Waals surface area contributed by atoms with Gasteiger partial charge >= 0.3 is 0 Å². The van der Waals surface area contributed by atoms with Gasteiger partial charge < -0.3 is 29.4 Å². The molecule has 0 amide bonds. The molecule has 1 aliphatic heterocycles. The first-order valence-corrected chi connectivity index (χ1v) is 13.3. The lowest BCUT2D eigenvalue weighted by Crippen LogP contribution is -2.63. The van der Waals surface area contributed by atoms with Gasteiger partial charge in [-0.25, -0.2) is 0 Å². The minimum atomic E-state index is -0.754. The van der Waals surface area contributed by atoms with Gasteiger partial charge in [0.05, 0.1) is 32.5 Å². The molecule has 0 unspecified atom stereocenters. The van der Waals surface area contributed by atoms with Gasteiger partial charge in [0.2, 0.25) is 0 Å². The Morgan fingerprint density at radius 2 is 0.769 bits per heavy atom. The van der Waals surface area contributed by atoms with Crippen LogP contribution in [0.3, 0.4) is 0 Å². The maximum Gasteiger partial charge on any atom is 0.189 e. The number of nitrogens with two attached hydrogens (primary N) is 1. The lowest BCUT2D eigenvalue weighted by atomic mass is 10.0. The van der Waals surface area contributed by atoms with Crippen molar-refractivity contribution in [1.82, 2.24) is 0 Å². The van der Waals surface area contributed by atoms with Crippen LogP contribution >= 0.6 is 0 Å². The Balaban J connectivity index is 1.37. The smallest absolute Gasteiger partial charge is 0.189 e. The normalized spacial score (nSPS) is 22.9. The average molecular weight is 526 g/mol. The van der Waals surface area contributed by atoms with Crippen molar-refractivity contribution in [3.05, 3.63) is 144 Å². The highest BCUT2D eigenvalue weighted by Gasteiger charge is 2.47. The molecule has 0 radical (unpaired) electrons. The summed E-state index contributed by atoms with van der Waals surface area (Å²) in [5.74, 6) is 0. The summed E-state index contributed by atoms with van der Waals surface area (Å²) in [6.45, 7) is 1.45. The highest BCUT2D eigenvalue weighted by molar-refractivity contribution is 5.16. The predicted octanol–water partition coefficient (Wildman–Crippen LogP) is 5.60. The van der Waals surface area contributed by atoms with Crippen LogP contribution in [-0.2, 0) is 50.1 Å². The third-order valence-electron chi connectivity index (χ3n) is 6.64. The molecular weight excluding hydrogens is 490 g/mol. The molecule has 6 heteroatoms. The standard InChI is InChI=1S/C33H35NO5/c34-29-30(35-21-25-13-5-1-6-14-25)31(36-22-26-15-7-2-8-16-26)33(38-24-28-19-11-4-12-20-28)39-32(29)37-23-27-17-9-3-10-18-27/h1-20,29-33H,21-24,34H2/t29-,30-,31+,32+,33+/m1/s1. The average Bonchev–Trinajstić information content (AvgIpc) is 3.00. The van der Waals surface area contributed by atoms with Crippen molar-refractivity contribution in [3.8, 4) is 0 Å². The molecule has 2 N–H and O–H groups in total. The molecule has 0 spiro atoms. The van der Waals surface area contributed by atoms with E-state index in [0.717, 1.165) is 22.3 Å². The van der Waals surface area contributed by atoms with E-state index in [4.69, 9.17) is 29.4 Å². The molecule has 202 valence electrons. The zero-order valence-corrected chi connectivity index (χ0v) is 21.9. The van der Waals surface area contributed by atoms with Crippen LogP contribution in [0.4, 0.5) is 0 Å². The number of hydrogen-bond acceptors (Lipinski definition) is 6. The van der Waals surface area contributed by atoms with E-state index in [0.29, 0.717) is 26.4 Å². The fourth-order valence-corrected chi connectivity index (χ4v) is 4.53. The summed E-state index contributed by atoms with van der Waals surface area (Å²) >= 11 is 0. The van der Waals surface area contributed by atoms with E-state index >= 15 is 0 Å². The van der Waals surface area contributed by atoms with E-state index in [1.807, 2.05) is 121 Å². The first-order chi connectivity index (χ1) is 19.3. The van der Waals surface area contributed by atoms with Crippen molar-refractivity contribution in [1.29, 1.82) is 0 Å². The lowest BCUT2D eigenvalue weighted by molar-refractivity contribution is -0.343. The van der Waals surface area contributed by atoms with Crippen LogP contribution in [0.25, 0.3) is 0 Å². The number of benzene rings is 4. The molecule has 39 heavy (non-hydrogen) atoms. The summed E-state index contributed by atoms with van der Waals surface area (Å²) < 4.78 is 31.8. The van der Waals surface area contributed by atoms with Crippen LogP contribution in [0.2, 0.25) is 0 Å². The van der Waals surface area contributed by atoms with Crippen molar-refractivity contribution in [2.45, 2.75) is 57.3 Å². The third-order valence-corrected chi connectivity index (χ3v) is 6.64. The van der Waals surface area contributed by atoms with Gasteiger partial charge in [0.25, 0.3) is 0 Å². The second kappa shape index (κ2) is 14.1. The molecule has 0 bridgehead atoms. The maximum absolute atomic E-state index is 6.77. The molecular formula is C33H35NO5. The number of ether oxygens (including phenoxy) is 5. The molecule has 4 aromatic rings. The zero-order chi connectivity index (χ0) is 26.7. The largest absolute Gasteiger partial charge is 0.369 e. The second-order valence-electron chi connectivity index (χ2n) is 9.57. The van der Waals surface area contributed by atoms with Crippen molar-refractivity contribution in [3.63, 3.8) is 0 Å². The van der Waals surface area contributed by atoms with Gasteiger partial charge in [-0.2, -0.15) is 0 Å². The number of hydrogen-bond donors (Lipinski definition) is 1. The summed E-state index contributed by atoms with van der Waals surface area (Å²) in [5.41, 5.74) is 10.9. The minimum absolute atomic E-state index is 0.350. The van der Waals surface area contributed by atoms with Crippen LogP contribution < -0.4 is 5.73 Å². The van der Waals surface area contributed by atoms with Crippen molar-refractivity contribution >= 4 is 0 Å². The molecule has 6 nitrogen and oxygen atoms in total. The highest BCUT2D eigenvalue weighted by atomic mass is 16.8. The van der Waals surface area contributed by atoms with Crippen LogP contribution in [-0.4, -0.2) is 30.8 Å². The van der Waals surface area contributed by atoms with Gasteiger partial charge in [-0.05, 0) is 22.3 Å². The summed E-state index contributed by atoms with van der Waals surface area (Å²) in [6.07, 6.45) is -2.62. The summed E-state index contributed by atoms with van der Waals surface area (Å²) in [6, 6.07) is 39.3. The lowest BCUT2D eigenvalue weighted by Gasteiger charge is -2.44. The van der Waals surface area contributed by atoms with E-state index in [2.05, 4.69) is 0 Å². The van der Waals surface area contributed by atoms with Crippen molar-refractivity contribution in [2.24, 2.45) is 5.73 Å². The van der Waals surface area contributed by atoms with Gasteiger partial charge in [0.15, 0.2) is 12.6 Å². The van der Waals surface area contributed by atoms with Gasteiger partial charge in [-0.15, -0.1) is 0 Å². The Morgan fingerprint density at radius 1 is 0.436 bits per heavy atom. The van der Waals surface area contributed by atoms with Gasteiger partial charge in [0.1, 0.15) is 12.2 Å². The second-order valence-corrected chi connectivity index (χ2v) is 9.57. The van der Waals surface area contributed by atoms with Crippen LogP contribution in [0.5, 0.6) is 0 Å². The molecule has 5 rings (SSSR count). The minimum Gasteiger partial charge on any atom is -0.369 e. The highest BCUT2D eigenvalue weighted by Crippen LogP contribution is 2.29. The molecule has 1 aliphatic rings. The summed E-state index contributed by atoms with van der Waals surface area (Å²) in [5, 5.41) is 0. The molecule has 1 saturated heterocycles. The summed E-state index contributed by atoms with van der Waals surface area (Å²) in [7, 11) is 0. The Morgan fingerprint density at radius 3 is 1.18 bits per heavy atom. The third kappa shape index (κ3) is 7.83. The van der Waals surface area contributed by atoms with Gasteiger partial charge in [0, 0.05) is 0 Å². The monoisotopic (exact) mass is 525 g/mol. The Bertz CT molecular complexity index is 1230. The van der Waals surface area contributed by atoms with Crippen LogP contribution in [0.1, 0.15) is 22.3 Å². The quantitative estimate of drug-likeness (QED) is 0.260. The molecule has 0 aliphatic carbocycles. The van der Waals surface area contributed by atoms with Gasteiger partial charge in [-0.1, -0.05) is 121 Å². The number of rotatable bonds is 12. The Hall–Kier alpha value is -3.36. The first-order valence-electron chi connectivity index (χ1n) is 13.3. The van der Waals surface area contributed by atoms with E-state index in [9.17, 15) is 0 Å². The molecule has 0 aromatic heterocycles. The molecule has 1 fully saturated rings. The maximum atomic E-state index is 6.77. The Labute approximate surface area is 230 Å². The first kappa shape index (κ1) is 27.2. The SMILES string of the molecule is N[C@H]1[C@@H](OCc2ccccc2)O[C@H](OCc2ccccc2)[C@@H](OCc2ccccc2)[C@@H]1OCc1ccccc1. The molecule has 0 saturated carbocycles. The fourth-order valence-electron chi connectivity index (χ4n) is 4.53. The van der Waals surface area contributed by atoms with E-state index in [1.165, 1.54) is 0 Å². The van der Waals surface area contributed by atoms with Crippen molar-refractivity contribution < 1.29 is 23.7 Å². The molecule has 4 aromatic carbocycles. The molecule has 1 heterocycles. The van der Waals surface area contributed by atoms with Gasteiger partial charge in [-0.3, -0.25) is 0 Å². The molecule has 5 atom stereocenters. The van der Waals surface area contributed by atoms with Crippen LogP contribution in [0.15, 0.2) is 121 Å². The Kier molecular flexibility index (Phi) is 9.87. The fraction of sp³-hybridized carbons (Fsp3) is 0.273. The van der Waals surface area contributed by atoms with E-state index in [1.54, 1.807) is 0 Å². The topological polar surface area (TPSA) is 72.2 Å². The zero-order valence-electron chi connectivity index (χ0n) is 21.9. The van der Waals surface area contributed by atoms with E-state index in [-0.39, 0.29) is 0 Å². The van der Waals surface area contributed by atoms with Crippen molar-refractivity contribution in [2.75, 3.05) is 0 Å². The summed E-state index contributed by atoms with van der Waals surface area (Å²) in [4.78, 5) is 0. The predicted molar refractivity (Wildman–Crippen MR) is 149 cm³/mol. The van der Waals surface area contributed by atoms with E-state index < -0.39 is 30.8 Å². The van der Waals surface area contributed by atoms with Crippen LogP contribution in [0, 0.1) is 0 Å².